The second-order valence-electron chi connectivity index (χ2n) is 6.65. The summed E-state index contributed by atoms with van der Waals surface area (Å²) in [5.74, 6) is -0.852. The van der Waals surface area contributed by atoms with E-state index in [1.54, 1.807) is 11.8 Å². The van der Waals surface area contributed by atoms with Gasteiger partial charge >= 0.3 is 12.0 Å². The number of aliphatic hydroxyl groups is 1. The van der Waals surface area contributed by atoms with Crippen molar-refractivity contribution in [3.63, 3.8) is 0 Å². The zero-order valence-electron chi connectivity index (χ0n) is 12.7. The van der Waals surface area contributed by atoms with Crippen molar-refractivity contribution in [1.82, 2.24) is 10.2 Å². The molecule has 1 heterocycles. The monoisotopic (exact) mass is 298 g/mol. The molecule has 6 heteroatoms. The van der Waals surface area contributed by atoms with Crippen LogP contribution in [0.2, 0.25) is 0 Å². The van der Waals surface area contributed by atoms with Crippen LogP contribution >= 0.6 is 0 Å². The minimum Gasteiger partial charge on any atom is -0.481 e. The van der Waals surface area contributed by atoms with Crippen molar-refractivity contribution in [3.8, 4) is 0 Å². The Morgan fingerprint density at radius 3 is 2.62 bits per heavy atom. The molecule has 3 unspecified atom stereocenters. The summed E-state index contributed by atoms with van der Waals surface area (Å²) in [4.78, 5) is 25.3. The number of carboxylic acids is 1. The third kappa shape index (κ3) is 3.87. The molecule has 0 aromatic heterocycles. The number of carbonyl (C=O) groups excluding carboxylic acids is 1. The maximum Gasteiger partial charge on any atom is 0.317 e. The van der Waals surface area contributed by atoms with Gasteiger partial charge in [-0.15, -0.1) is 0 Å². The van der Waals surface area contributed by atoms with Gasteiger partial charge in [0.05, 0.1) is 17.6 Å². The van der Waals surface area contributed by atoms with Gasteiger partial charge in [0.1, 0.15) is 0 Å². The van der Waals surface area contributed by atoms with Gasteiger partial charge in [0.15, 0.2) is 0 Å². The zero-order valence-corrected chi connectivity index (χ0v) is 12.7. The molecule has 2 fully saturated rings. The molecule has 21 heavy (non-hydrogen) atoms. The number of nitrogens with one attached hydrogen (secondary N) is 1. The first-order valence-electron chi connectivity index (χ1n) is 7.89. The number of hydrogen-bond donors (Lipinski definition) is 3. The van der Waals surface area contributed by atoms with E-state index in [1.807, 2.05) is 0 Å². The summed E-state index contributed by atoms with van der Waals surface area (Å²) in [5, 5.41) is 22.3. The standard InChI is InChI=1S/C15H26N2O4/c1-15(13(19)20)8-5-9-17(10-15)14(21)16-11-6-3-2-4-7-12(11)18/h11-12,18H,2-10H2,1H3,(H,16,21)(H,19,20). The Bertz CT molecular complexity index is 401. The molecule has 0 spiro atoms. The average Bonchev–Trinajstić information content (AvgIpc) is 2.64. The molecule has 2 aliphatic rings. The molecular formula is C15H26N2O4. The fourth-order valence-corrected chi connectivity index (χ4v) is 3.29. The zero-order chi connectivity index (χ0) is 15.5. The normalized spacial score (nSPS) is 34.1. The molecule has 0 aromatic carbocycles. The van der Waals surface area contributed by atoms with Crippen molar-refractivity contribution < 1.29 is 19.8 Å². The maximum atomic E-state index is 12.3. The molecule has 0 radical (unpaired) electrons. The van der Waals surface area contributed by atoms with E-state index in [0.29, 0.717) is 19.4 Å². The molecule has 6 nitrogen and oxygen atoms in total. The van der Waals surface area contributed by atoms with Crippen LogP contribution in [0.4, 0.5) is 4.79 Å². The summed E-state index contributed by atoms with van der Waals surface area (Å²) in [6.07, 6.45) is 5.40. The lowest BCUT2D eigenvalue weighted by molar-refractivity contribution is -0.150. The molecule has 0 bridgehead atoms. The fraction of sp³-hybridized carbons (Fsp3) is 0.867. The van der Waals surface area contributed by atoms with E-state index in [4.69, 9.17) is 0 Å². The number of amides is 2. The molecule has 1 aliphatic carbocycles. The number of carboxylic acid groups (broad SMARTS) is 1. The summed E-state index contributed by atoms with van der Waals surface area (Å²) < 4.78 is 0. The molecule has 0 aromatic rings. The first kappa shape index (κ1) is 16.1. The van der Waals surface area contributed by atoms with Gasteiger partial charge in [0, 0.05) is 13.1 Å². The number of aliphatic carboxylic acids is 1. The lowest BCUT2D eigenvalue weighted by Crippen LogP contribution is -2.54. The summed E-state index contributed by atoms with van der Waals surface area (Å²) in [7, 11) is 0. The highest BCUT2D eigenvalue weighted by atomic mass is 16.4. The number of urea groups is 1. The predicted molar refractivity (Wildman–Crippen MR) is 78.0 cm³/mol. The molecule has 3 atom stereocenters. The van der Waals surface area contributed by atoms with Crippen LogP contribution < -0.4 is 5.32 Å². The van der Waals surface area contributed by atoms with Crippen LogP contribution in [-0.2, 0) is 4.79 Å². The fourth-order valence-electron chi connectivity index (χ4n) is 3.29. The summed E-state index contributed by atoms with van der Waals surface area (Å²) in [6.45, 7) is 2.50. The van der Waals surface area contributed by atoms with Crippen LogP contribution in [-0.4, -0.2) is 52.3 Å². The van der Waals surface area contributed by atoms with Gasteiger partial charge < -0.3 is 20.4 Å². The minimum absolute atomic E-state index is 0.210. The van der Waals surface area contributed by atoms with Gasteiger partial charge in [-0.2, -0.15) is 0 Å². The van der Waals surface area contributed by atoms with E-state index in [-0.39, 0.29) is 18.6 Å². The van der Waals surface area contributed by atoms with E-state index in [2.05, 4.69) is 5.32 Å². The van der Waals surface area contributed by atoms with E-state index < -0.39 is 17.5 Å². The third-order valence-electron chi connectivity index (χ3n) is 4.79. The maximum absolute atomic E-state index is 12.3. The van der Waals surface area contributed by atoms with E-state index in [0.717, 1.165) is 32.1 Å². The quantitative estimate of drug-likeness (QED) is 0.675. The van der Waals surface area contributed by atoms with Crippen molar-refractivity contribution >= 4 is 12.0 Å². The van der Waals surface area contributed by atoms with Crippen LogP contribution in [0.5, 0.6) is 0 Å². The first-order valence-corrected chi connectivity index (χ1v) is 7.89. The molecule has 1 aliphatic heterocycles. The Hall–Kier alpha value is -1.30. The number of piperidine rings is 1. The highest BCUT2D eigenvalue weighted by molar-refractivity contribution is 5.78. The second kappa shape index (κ2) is 6.64. The Morgan fingerprint density at radius 2 is 1.90 bits per heavy atom. The Balaban J connectivity index is 1.94. The van der Waals surface area contributed by atoms with E-state index >= 15 is 0 Å². The van der Waals surface area contributed by atoms with Crippen molar-refractivity contribution in [2.24, 2.45) is 5.41 Å². The summed E-state index contributed by atoms with van der Waals surface area (Å²) >= 11 is 0. The predicted octanol–water partition coefficient (Wildman–Crippen LogP) is 1.58. The lowest BCUT2D eigenvalue weighted by Gasteiger charge is -2.38. The third-order valence-corrected chi connectivity index (χ3v) is 4.79. The number of nitrogens with zero attached hydrogens (tertiary/aromatic N) is 1. The molecule has 3 N–H and O–H groups in total. The SMILES string of the molecule is CC1(C(=O)O)CCCN(C(=O)NC2CCCCCC2O)C1. The Kier molecular flexibility index (Phi) is 5.08. The molecule has 1 saturated carbocycles. The molecule has 120 valence electrons. The number of likely N-dealkylation sites (tertiary alicyclic amines) is 1. The highest BCUT2D eigenvalue weighted by Gasteiger charge is 2.39. The van der Waals surface area contributed by atoms with Gasteiger partial charge in [-0.05, 0) is 32.6 Å². The number of carbonyl (C=O) groups is 2. The summed E-state index contributed by atoms with van der Waals surface area (Å²) in [6, 6.07) is -0.453. The first-order chi connectivity index (χ1) is 9.92. The smallest absolute Gasteiger partial charge is 0.317 e. The van der Waals surface area contributed by atoms with Gasteiger partial charge in [-0.1, -0.05) is 19.3 Å². The van der Waals surface area contributed by atoms with E-state index in [1.165, 1.54) is 0 Å². The molecule has 2 amide bonds. The number of rotatable bonds is 2. The average molecular weight is 298 g/mol. The van der Waals surface area contributed by atoms with Crippen molar-refractivity contribution in [2.45, 2.75) is 64.0 Å². The molecular weight excluding hydrogens is 272 g/mol. The number of aliphatic hydroxyl groups excluding tert-OH is 1. The van der Waals surface area contributed by atoms with Crippen molar-refractivity contribution in [3.05, 3.63) is 0 Å². The lowest BCUT2D eigenvalue weighted by atomic mass is 9.82. The van der Waals surface area contributed by atoms with Gasteiger partial charge in [-0.25, -0.2) is 4.79 Å². The minimum atomic E-state index is -0.863. The van der Waals surface area contributed by atoms with Crippen molar-refractivity contribution in [2.75, 3.05) is 13.1 Å². The van der Waals surface area contributed by atoms with Crippen LogP contribution in [0.3, 0.4) is 0 Å². The Morgan fingerprint density at radius 1 is 1.19 bits per heavy atom. The van der Waals surface area contributed by atoms with Crippen LogP contribution in [0.15, 0.2) is 0 Å². The largest absolute Gasteiger partial charge is 0.481 e. The van der Waals surface area contributed by atoms with Crippen molar-refractivity contribution in [1.29, 1.82) is 0 Å². The highest BCUT2D eigenvalue weighted by Crippen LogP contribution is 2.29. The van der Waals surface area contributed by atoms with Crippen LogP contribution in [0, 0.1) is 5.41 Å². The molecule has 1 saturated heterocycles. The summed E-state index contributed by atoms with van der Waals surface area (Å²) in [5.41, 5.74) is -0.863. The Labute approximate surface area is 125 Å². The van der Waals surface area contributed by atoms with Crippen LogP contribution in [0.1, 0.15) is 51.9 Å². The van der Waals surface area contributed by atoms with Gasteiger partial charge in [-0.3, -0.25) is 4.79 Å². The molecule has 2 rings (SSSR count). The van der Waals surface area contributed by atoms with Gasteiger partial charge in [0.2, 0.25) is 0 Å². The topological polar surface area (TPSA) is 89.9 Å². The van der Waals surface area contributed by atoms with Gasteiger partial charge in [0.25, 0.3) is 0 Å². The van der Waals surface area contributed by atoms with E-state index in [9.17, 15) is 19.8 Å². The van der Waals surface area contributed by atoms with Crippen LogP contribution in [0.25, 0.3) is 0 Å². The second-order valence-corrected chi connectivity index (χ2v) is 6.65. The number of hydrogen-bond acceptors (Lipinski definition) is 3.